The van der Waals surface area contributed by atoms with E-state index in [0.29, 0.717) is 12.5 Å². The van der Waals surface area contributed by atoms with Crippen molar-refractivity contribution in [1.82, 2.24) is 0 Å². The Bertz CT molecular complexity index is 372. The maximum atomic E-state index is 13.0. The van der Waals surface area contributed by atoms with Crippen LogP contribution in [0.3, 0.4) is 0 Å². The standard InChI is InChI=1S/C12H15BrFN/c1-8(2)10(7-15)5-9-6-11(14)3-4-12(9)13/h3-6,8H,7,15H2,1-2H3/b10-5+. The first-order valence-electron chi connectivity index (χ1n) is 4.90. The molecule has 0 spiro atoms. The molecule has 0 aromatic heterocycles. The van der Waals surface area contributed by atoms with E-state index in [-0.39, 0.29) is 5.82 Å². The quantitative estimate of drug-likeness (QED) is 0.894. The number of benzene rings is 1. The number of nitrogens with two attached hydrogens (primary N) is 1. The van der Waals surface area contributed by atoms with Crippen LogP contribution in [-0.2, 0) is 0 Å². The molecule has 0 unspecified atom stereocenters. The van der Waals surface area contributed by atoms with Crippen LogP contribution in [0.4, 0.5) is 4.39 Å². The lowest BCUT2D eigenvalue weighted by molar-refractivity contribution is 0.627. The van der Waals surface area contributed by atoms with Crippen molar-refractivity contribution in [2.24, 2.45) is 11.7 Å². The second kappa shape index (κ2) is 5.42. The van der Waals surface area contributed by atoms with Crippen molar-refractivity contribution >= 4 is 22.0 Å². The molecule has 3 heteroatoms. The second-order valence-electron chi connectivity index (χ2n) is 3.74. The second-order valence-corrected chi connectivity index (χ2v) is 4.60. The molecule has 0 heterocycles. The third kappa shape index (κ3) is 3.43. The van der Waals surface area contributed by atoms with E-state index in [1.54, 1.807) is 6.07 Å². The minimum atomic E-state index is -0.232. The molecule has 1 rings (SSSR count). The average Bonchev–Trinajstić information content (AvgIpc) is 2.18. The predicted molar refractivity (Wildman–Crippen MR) is 66.0 cm³/mol. The van der Waals surface area contributed by atoms with Crippen molar-refractivity contribution < 1.29 is 4.39 Å². The zero-order valence-corrected chi connectivity index (χ0v) is 10.5. The van der Waals surface area contributed by atoms with Crippen molar-refractivity contribution in [3.05, 3.63) is 39.6 Å². The largest absolute Gasteiger partial charge is 0.327 e. The van der Waals surface area contributed by atoms with Crippen LogP contribution in [0.1, 0.15) is 19.4 Å². The van der Waals surface area contributed by atoms with Gasteiger partial charge < -0.3 is 5.73 Å². The van der Waals surface area contributed by atoms with E-state index in [9.17, 15) is 4.39 Å². The Morgan fingerprint density at radius 2 is 2.20 bits per heavy atom. The first-order chi connectivity index (χ1) is 7.04. The summed E-state index contributed by atoms with van der Waals surface area (Å²) in [5.41, 5.74) is 7.58. The molecule has 1 nitrogen and oxygen atoms in total. The lowest BCUT2D eigenvalue weighted by Gasteiger charge is -2.09. The van der Waals surface area contributed by atoms with Gasteiger partial charge in [-0.25, -0.2) is 4.39 Å². The molecule has 0 saturated heterocycles. The van der Waals surface area contributed by atoms with Crippen LogP contribution in [0.25, 0.3) is 6.08 Å². The molecular weight excluding hydrogens is 257 g/mol. The van der Waals surface area contributed by atoms with Crippen molar-refractivity contribution in [2.75, 3.05) is 6.54 Å². The minimum Gasteiger partial charge on any atom is -0.327 e. The molecule has 0 fully saturated rings. The van der Waals surface area contributed by atoms with Gasteiger partial charge in [0.15, 0.2) is 0 Å². The third-order valence-corrected chi connectivity index (χ3v) is 3.00. The topological polar surface area (TPSA) is 26.0 Å². The molecule has 0 aliphatic rings. The van der Waals surface area contributed by atoms with Gasteiger partial charge in [0.1, 0.15) is 5.82 Å². The lowest BCUT2D eigenvalue weighted by atomic mass is 10.0. The maximum Gasteiger partial charge on any atom is 0.123 e. The number of hydrogen-bond acceptors (Lipinski definition) is 1. The fraction of sp³-hybridized carbons (Fsp3) is 0.333. The van der Waals surface area contributed by atoms with E-state index in [1.807, 2.05) is 6.08 Å². The molecule has 82 valence electrons. The molecule has 0 atom stereocenters. The molecule has 15 heavy (non-hydrogen) atoms. The van der Waals surface area contributed by atoms with E-state index in [0.717, 1.165) is 15.6 Å². The molecule has 0 amide bonds. The Morgan fingerprint density at radius 1 is 1.53 bits per heavy atom. The molecule has 0 aliphatic carbocycles. The van der Waals surface area contributed by atoms with E-state index < -0.39 is 0 Å². The summed E-state index contributed by atoms with van der Waals surface area (Å²) < 4.78 is 13.9. The summed E-state index contributed by atoms with van der Waals surface area (Å²) >= 11 is 3.39. The Morgan fingerprint density at radius 3 is 2.73 bits per heavy atom. The van der Waals surface area contributed by atoms with Gasteiger partial charge in [0.2, 0.25) is 0 Å². The first-order valence-corrected chi connectivity index (χ1v) is 5.69. The SMILES string of the molecule is CC(C)/C(=C/c1cc(F)ccc1Br)CN. The summed E-state index contributed by atoms with van der Waals surface area (Å²) in [6.45, 7) is 4.65. The van der Waals surface area contributed by atoms with Gasteiger partial charge in [0.05, 0.1) is 0 Å². The number of halogens is 2. The minimum absolute atomic E-state index is 0.232. The van der Waals surface area contributed by atoms with E-state index in [1.165, 1.54) is 12.1 Å². The van der Waals surface area contributed by atoms with E-state index in [2.05, 4.69) is 29.8 Å². The predicted octanol–water partition coefficient (Wildman–Crippen LogP) is 3.59. The fourth-order valence-corrected chi connectivity index (χ4v) is 1.65. The van der Waals surface area contributed by atoms with Gasteiger partial charge in [-0.2, -0.15) is 0 Å². The summed E-state index contributed by atoms with van der Waals surface area (Å²) in [7, 11) is 0. The van der Waals surface area contributed by atoms with Gasteiger partial charge in [-0.15, -0.1) is 0 Å². The fourth-order valence-electron chi connectivity index (χ4n) is 1.29. The highest BCUT2D eigenvalue weighted by Crippen LogP contribution is 2.22. The van der Waals surface area contributed by atoms with Gasteiger partial charge >= 0.3 is 0 Å². The van der Waals surface area contributed by atoms with Crippen LogP contribution < -0.4 is 5.73 Å². The molecule has 1 aromatic rings. The van der Waals surface area contributed by atoms with Crippen LogP contribution in [0.5, 0.6) is 0 Å². The summed E-state index contributed by atoms with van der Waals surface area (Å²) in [6, 6.07) is 4.64. The zero-order chi connectivity index (χ0) is 11.4. The van der Waals surface area contributed by atoms with Crippen LogP contribution >= 0.6 is 15.9 Å². The highest BCUT2D eigenvalue weighted by Gasteiger charge is 2.04. The van der Waals surface area contributed by atoms with Crippen LogP contribution in [0.2, 0.25) is 0 Å². The maximum absolute atomic E-state index is 13.0. The van der Waals surface area contributed by atoms with E-state index >= 15 is 0 Å². The van der Waals surface area contributed by atoms with Gasteiger partial charge in [0.25, 0.3) is 0 Å². The Balaban J connectivity index is 3.10. The van der Waals surface area contributed by atoms with Crippen molar-refractivity contribution in [3.63, 3.8) is 0 Å². The van der Waals surface area contributed by atoms with Crippen LogP contribution in [0, 0.1) is 11.7 Å². The van der Waals surface area contributed by atoms with Crippen LogP contribution in [-0.4, -0.2) is 6.54 Å². The average molecular weight is 272 g/mol. The summed E-state index contributed by atoms with van der Waals surface area (Å²) in [6.07, 6.45) is 1.94. The van der Waals surface area contributed by atoms with Gasteiger partial charge in [0, 0.05) is 11.0 Å². The van der Waals surface area contributed by atoms with Gasteiger partial charge in [-0.3, -0.25) is 0 Å². The van der Waals surface area contributed by atoms with Crippen LogP contribution in [0.15, 0.2) is 28.2 Å². The summed E-state index contributed by atoms with van der Waals surface area (Å²) in [5.74, 6) is 0.148. The first kappa shape index (κ1) is 12.4. The number of hydrogen-bond donors (Lipinski definition) is 1. The van der Waals surface area contributed by atoms with Crippen molar-refractivity contribution in [3.8, 4) is 0 Å². The lowest BCUT2D eigenvalue weighted by Crippen LogP contribution is -2.08. The van der Waals surface area contributed by atoms with E-state index in [4.69, 9.17) is 5.73 Å². The molecule has 0 bridgehead atoms. The third-order valence-electron chi connectivity index (χ3n) is 2.28. The molecule has 2 N–H and O–H groups in total. The van der Waals surface area contributed by atoms with Crippen molar-refractivity contribution in [1.29, 1.82) is 0 Å². The molecular formula is C12H15BrFN. The molecule has 0 saturated carbocycles. The Hall–Kier alpha value is -0.670. The molecule has 0 aliphatic heterocycles. The van der Waals surface area contributed by atoms with Gasteiger partial charge in [-0.05, 0) is 29.7 Å². The molecule has 1 aromatic carbocycles. The molecule has 0 radical (unpaired) electrons. The highest BCUT2D eigenvalue weighted by atomic mass is 79.9. The summed E-state index contributed by atoms with van der Waals surface area (Å²) in [4.78, 5) is 0. The monoisotopic (exact) mass is 271 g/mol. The van der Waals surface area contributed by atoms with Gasteiger partial charge in [-0.1, -0.05) is 41.4 Å². The smallest absolute Gasteiger partial charge is 0.123 e. The normalized spacial score (nSPS) is 12.3. The van der Waals surface area contributed by atoms with Crippen molar-refractivity contribution in [2.45, 2.75) is 13.8 Å². The Kier molecular flexibility index (Phi) is 4.48. The zero-order valence-electron chi connectivity index (χ0n) is 8.93. The number of rotatable bonds is 3. The highest BCUT2D eigenvalue weighted by molar-refractivity contribution is 9.10. The Labute approximate surface area is 98.3 Å². The summed E-state index contributed by atoms with van der Waals surface area (Å²) in [5, 5.41) is 0.